The predicted molar refractivity (Wildman–Crippen MR) is 120 cm³/mol. The van der Waals surface area contributed by atoms with Crippen molar-refractivity contribution in [1.29, 1.82) is 0 Å². The summed E-state index contributed by atoms with van der Waals surface area (Å²) in [5.41, 5.74) is 1.16. The molecule has 1 saturated heterocycles. The average molecular weight is 499 g/mol. The largest absolute Gasteiger partial charge is 0.493 e. The number of benzene rings is 2. The van der Waals surface area contributed by atoms with Crippen LogP contribution in [0.5, 0.6) is 5.75 Å². The summed E-state index contributed by atoms with van der Waals surface area (Å²) in [7, 11) is 0. The highest BCUT2D eigenvalue weighted by Gasteiger charge is 2.67. The Balaban J connectivity index is 1.77. The second-order valence-electron chi connectivity index (χ2n) is 8.66. The summed E-state index contributed by atoms with van der Waals surface area (Å²) in [4.78, 5) is 42.5. The molecule has 0 aromatic heterocycles. The third kappa shape index (κ3) is 2.81. The van der Waals surface area contributed by atoms with Crippen LogP contribution in [0.2, 0.25) is 0 Å². The van der Waals surface area contributed by atoms with Crippen molar-refractivity contribution >= 4 is 39.4 Å². The molecule has 2 amide bonds. The van der Waals surface area contributed by atoms with Gasteiger partial charge in [0.05, 0.1) is 36.4 Å². The number of ether oxygens (including phenoxy) is 2. The molecule has 0 saturated carbocycles. The highest BCUT2D eigenvalue weighted by Crippen LogP contribution is 2.57. The number of aryl methyl sites for hydroxylation is 1. The van der Waals surface area contributed by atoms with Gasteiger partial charge in [0.2, 0.25) is 0 Å². The summed E-state index contributed by atoms with van der Waals surface area (Å²) in [5.74, 6) is -1.84. The van der Waals surface area contributed by atoms with Gasteiger partial charge in [-0.1, -0.05) is 33.6 Å². The number of fused-ring (bicyclic) bond motifs is 6. The van der Waals surface area contributed by atoms with E-state index in [1.165, 1.54) is 0 Å². The molecule has 3 aliphatic rings. The fraction of sp³-hybridized carbons (Fsp3) is 0.375. The number of nitrogens with zero attached hydrogens (tertiary/aromatic N) is 1. The van der Waals surface area contributed by atoms with Crippen LogP contribution in [-0.2, 0) is 14.3 Å². The van der Waals surface area contributed by atoms with E-state index in [0.717, 1.165) is 15.6 Å². The molecule has 1 N–H and O–H groups in total. The zero-order valence-electron chi connectivity index (χ0n) is 18.0. The maximum atomic E-state index is 14.0. The van der Waals surface area contributed by atoms with Crippen molar-refractivity contribution in [3.63, 3.8) is 0 Å². The van der Waals surface area contributed by atoms with Crippen LogP contribution in [0.3, 0.4) is 0 Å². The van der Waals surface area contributed by atoms with Gasteiger partial charge in [-0.2, -0.15) is 0 Å². The number of esters is 1. The van der Waals surface area contributed by atoms with Crippen LogP contribution in [0, 0.1) is 18.8 Å². The fourth-order valence-electron chi connectivity index (χ4n) is 5.41. The minimum Gasteiger partial charge on any atom is -0.493 e. The van der Waals surface area contributed by atoms with E-state index in [9.17, 15) is 14.4 Å². The number of anilines is 1. The molecule has 3 heterocycles. The van der Waals surface area contributed by atoms with Crippen LogP contribution >= 0.6 is 15.9 Å². The number of carbonyl (C=O) groups excluding carboxylic acids is 3. The van der Waals surface area contributed by atoms with Crippen molar-refractivity contribution in [3.05, 3.63) is 57.6 Å². The third-order valence-corrected chi connectivity index (χ3v) is 7.31. The molecule has 0 spiro atoms. The predicted octanol–water partition coefficient (Wildman–Crippen LogP) is 3.85. The number of rotatable bonds is 2. The standard InChI is InChI=1S/C24H23BrN2O5/c1-4-31-22(29)19-16-11-32-18-8-5-12(2)9-15(18)20(16)27-21(28)14-10-13(25)6-7-17(14)26-23(30)24(19,27)3/h5-10,16,19-20H,4,11H2,1-3H3,(H,26,30)/t16?,19?,20?,24-/m1/s1. The van der Waals surface area contributed by atoms with E-state index in [1.807, 2.05) is 25.1 Å². The first-order chi connectivity index (χ1) is 15.3. The van der Waals surface area contributed by atoms with Crippen molar-refractivity contribution in [3.8, 4) is 5.75 Å². The first-order valence-electron chi connectivity index (χ1n) is 10.6. The molecule has 1 fully saturated rings. The van der Waals surface area contributed by atoms with Gasteiger partial charge in [-0.15, -0.1) is 0 Å². The molecule has 4 atom stereocenters. The summed E-state index contributed by atoms with van der Waals surface area (Å²) < 4.78 is 12.1. The zero-order valence-corrected chi connectivity index (χ0v) is 19.6. The first kappa shape index (κ1) is 21.0. The summed E-state index contributed by atoms with van der Waals surface area (Å²) >= 11 is 3.43. The van der Waals surface area contributed by atoms with Gasteiger partial charge in [-0.25, -0.2) is 0 Å². The normalized spacial score (nSPS) is 27.9. The molecular weight excluding hydrogens is 476 g/mol. The zero-order chi connectivity index (χ0) is 22.8. The van der Waals surface area contributed by atoms with Crippen LogP contribution in [0.25, 0.3) is 0 Å². The number of amides is 2. The molecule has 0 bridgehead atoms. The van der Waals surface area contributed by atoms with Gasteiger partial charge in [-0.05, 0) is 45.0 Å². The first-order valence-corrected chi connectivity index (χ1v) is 11.4. The maximum absolute atomic E-state index is 14.0. The van der Waals surface area contributed by atoms with Gasteiger partial charge in [0.1, 0.15) is 11.3 Å². The molecule has 3 unspecified atom stereocenters. The lowest BCUT2D eigenvalue weighted by atomic mass is 9.77. The number of nitrogens with one attached hydrogen (secondary N) is 1. The molecular formula is C24H23BrN2O5. The van der Waals surface area contributed by atoms with Gasteiger partial charge in [0.25, 0.3) is 11.8 Å². The monoisotopic (exact) mass is 498 g/mol. The lowest BCUT2D eigenvalue weighted by Crippen LogP contribution is -2.57. The quantitative estimate of drug-likeness (QED) is 0.635. The molecule has 2 aromatic carbocycles. The second-order valence-corrected chi connectivity index (χ2v) is 9.57. The number of hydrogen-bond donors (Lipinski definition) is 1. The van der Waals surface area contributed by atoms with Crippen molar-refractivity contribution < 1.29 is 23.9 Å². The summed E-state index contributed by atoms with van der Waals surface area (Å²) in [6, 6.07) is 10.5. The smallest absolute Gasteiger partial charge is 0.312 e. The summed E-state index contributed by atoms with van der Waals surface area (Å²) in [6.07, 6.45) is 0. The molecule has 0 radical (unpaired) electrons. The SMILES string of the molecule is CCOC(=O)C1C2COc3ccc(C)cc3C2N2C(=O)c3cc(Br)ccc3NC(=O)[C@@]12C. The molecule has 0 aliphatic carbocycles. The lowest BCUT2D eigenvalue weighted by molar-refractivity contribution is -0.155. The topological polar surface area (TPSA) is 84.9 Å². The molecule has 5 rings (SSSR count). The summed E-state index contributed by atoms with van der Waals surface area (Å²) in [5, 5.41) is 2.89. The minimum absolute atomic E-state index is 0.183. The van der Waals surface area contributed by atoms with Crippen molar-refractivity contribution in [1.82, 2.24) is 4.90 Å². The van der Waals surface area contributed by atoms with Gasteiger partial charge in [-0.3, -0.25) is 14.4 Å². The van der Waals surface area contributed by atoms with Gasteiger partial charge in [0, 0.05) is 16.0 Å². The van der Waals surface area contributed by atoms with E-state index >= 15 is 0 Å². The molecule has 166 valence electrons. The van der Waals surface area contributed by atoms with Crippen molar-refractivity contribution in [2.75, 3.05) is 18.5 Å². The summed E-state index contributed by atoms with van der Waals surface area (Å²) in [6.45, 7) is 5.75. The van der Waals surface area contributed by atoms with Gasteiger partial charge < -0.3 is 19.7 Å². The van der Waals surface area contributed by atoms with Gasteiger partial charge in [0.15, 0.2) is 0 Å². The molecule has 32 heavy (non-hydrogen) atoms. The fourth-order valence-corrected chi connectivity index (χ4v) is 5.77. The van der Waals surface area contributed by atoms with Crippen LogP contribution in [-0.4, -0.2) is 41.4 Å². The molecule has 2 aromatic rings. The Morgan fingerprint density at radius 2 is 2.06 bits per heavy atom. The Kier molecular flexibility index (Phi) is 4.81. The third-order valence-electron chi connectivity index (χ3n) is 6.81. The maximum Gasteiger partial charge on any atom is 0.312 e. The van der Waals surface area contributed by atoms with E-state index in [-0.39, 0.29) is 19.1 Å². The van der Waals surface area contributed by atoms with Crippen LogP contribution in [0.4, 0.5) is 5.69 Å². The van der Waals surface area contributed by atoms with Crippen molar-refractivity contribution in [2.24, 2.45) is 11.8 Å². The van der Waals surface area contributed by atoms with Crippen molar-refractivity contribution in [2.45, 2.75) is 32.4 Å². The molecule has 7 nitrogen and oxygen atoms in total. The number of halogens is 1. The molecule has 8 heteroatoms. The number of hydrogen-bond acceptors (Lipinski definition) is 5. The van der Waals surface area contributed by atoms with Crippen LogP contribution < -0.4 is 10.1 Å². The van der Waals surface area contributed by atoms with Crippen LogP contribution in [0.1, 0.15) is 41.4 Å². The van der Waals surface area contributed by atoms with E-state index < -0.39 is 35.3 Å². The highest BCUT2D eigenvalue weighted by atomic mass is 79.9. The Labute approximate surface area is 194 Å². The molecule has 3 aliphatic heterocycles. The lowest BCUT2D eigenvalue weighted by Gasteiger charge is -2.38. The van der Waals surface area contributed by atoms with Crippen LogP contribution in [0.15, 0.2) is 40.9 Å². The minimum atomic E-state index is -1.45. The Hall–Kier alpha value is -2.87. The van der Waals surface area contributed by atoms with E-state index in [0.29, 0.717) is 17.0 Å². The van der Waals surface area contributed by atoms with E-state index in [4.69, 9.17) is 9.47 Å². The Morgan fingerprint density at radius 1 is 1.28 bits per heavy atom. The van der Waals surface area contributed by atoms with E-state index in [2.05, 4.69) is 21.2 Å². The number of carbonyl (C=O) groups is 3. The Morgan fingerprint density at radius 3 is 2.81 bits per heavy atom. The Bertz CT molecular complexity index is 1170. The second kappa shape index (κ2) is 7.33. The van der Waals surface area contributed by atoms with Gasteiger partial charge >= 0.3 is 5.97 Å². The highest BCUT2D eigenvalue weighted by molar-refractivity contribution is 9.10. The average Bonchev–Trinajstić information content (AvgIpc) is 3.00. The van der Waals surface area contributed by atoms with E-state index in [1.54, 1.807) is 36.9 Å².